The van der Waals surface area contributed by atoms with Crippen molar-refractivity contribution in [2.45, 2.75) is 77.6 Å². The monoisotopic (exact) mass is 296 g/mol. The molecule has 0 rings (SSSR count). The van der Waals surface area contributed by atoms with Crippen LogP contribution in [0.4, 0.5) is 13.2 Å². The molecule has 1 N–H and O–H groups in total. The number of alkyl halides is 3. The van der Waals surface area contributed by atoms with Gasteiger partial charge in [-0.2, -0.15) is 13.2 Å². The Morgan fingerprint density at radius 3 is 1.80 bits per heavy atom. The molecule has 0 saturated carbocycles. The number of nitrogens with zero attached hydrogens (tertiary/aromatic N) is 1. The van der Waals surface area contributed by atoms with Crippen molar-refractivity contribution >= 4 is 0 Å². The van der Waals surface area contributed by atoms with Crippen LogP contribution in [0.25, 0.3) is 0 Å². The van der Waals surface area contributed by atoms with Gasteiger partial charge in [0.05, 0.1) is 0 Å². The molecular formula is C15H31F3N2. The SMILES string of the molecule is CCN(CC)C(CC)(CC)C(CCCC(F)(F)F)NC. The molecule has 0 radical (unpaired) electrons. The third-order valence-corrected chi connectivity index (χ3v) is 4.57. The van der Waals surface area contributed by atoms with Gasteiger partial charge in [0.1, 0.15) is 0 Å². The second-order valence-electron chi connectivity index (χ2n) is 5.33. The van der Waals surface area contributed by atoms with Gasteiger partial charge < -0.3 is 5.32 Å². The van der Waals surface area contributed by atoms with E-state index >= 15 is 0 Å². The fraction of sp³-hybridized carbons (Fsp3) is 1.00. The van der Waals surface area contributed by atoms with Crippen LogP contribution in [0.15, 0.2) is 0 Å². The maximum atomic E-state index is 12.3. The maximum absolute atomic E-state index is 12.3. The van der Waals surface area contributed by atoms with Crippen LogP contribution < -0.4 is 5.32 Å². The Balaban J connectivity index is 4.92. The van der Waals surface area contributed by atoms with Crippen LogP contribution in [0.1, 0.15) is 59.8 Å². The molecule has 5 heteroatoms. The highest BCUT2D eigenvalue weighted by atomic mass is 19.4. The fourth-order valence-electron chi connectivity index (χ4n) is 3.45. The topological polar surface area (TPSA) is 15.3 Å². The lowest BCUT2D eigenvalue weighted by molar-refractivity contribution is -0.136. The first kappa shape index (κ1) is 19.7. The van der Waals surface area contributed by atoms with Gasteiger partial charge in [0.25, 0.3) is 0 Å². The van der Waals surface area contributed by atoms with Crippen LogP contribution >= 0.6 is 0 Å². The highest BCUT2D eigenvalue weighted by Crippen LogP contribution is 2.32. The van der Waals surface area contributed by atoms with Crippen molar-refractivity contribution in [3.05, 3.63) is 0 Å². The molecule has 122 valence electrons. The summed E-state index contributed by atoms with van der Waals surface area (Å²) in [5, 5.41) is 3.27. The zero-order valence-electron chi connectivity index (χ0n) is 13.6. The molecule has 2 nitrogen and oxygen atoms in total. The normalized spacial score (nSPS) is 14.8. The summed E-state index contributed by atoms with van der Waals surface area (Å²) >= 11 is 0. The summed E-state index contributed by atoms with van der Waals surface area (Å²) in [5.41, 5.74) is -0.0517. The number of hydrogen-bond donors (Lipinski definition) is 1. The Bertz CT molecular complexity index is 246. The number of nitrogens with one attached hydrogen (secondary N) is 1. The van der Waals surface area contributed by atoms with E-state index < -0.39 is 12.6 Å². The molecule has 0 fully saturated rings. The van der Waals surface area contributed by atoms with E-state index in [2.05, 4.69) is 37.9 Å². The van der Waals surface area contributed by atoms with E-state index in [1.54, 1.807) is 0 Å². The molecule has 0 spiro atoms. The van der Waals surface area contributed by atoms with Crippen molar-refractivity contribution in [1.82, 2.24) is 10.2 Å². The minimum absolute atomic E-state index is 0.0517. The first-order chi connectivity index (χ1) is 9.31. The van der Waals surface area contributed by atoms with Crippen molar-refractivity contribution in [3.8, 4) is 0 Å². The van der Waals surface area contributed by atoms with E-state index in [4.69, 9.17) is 0 Å². The van der Waals surface area contributed by atoms with Crippen LogP contribution in [0.5, 0.6) is 0 Å². The van der Waals surface area contributed by atoms with Gasteiger partial charge >= 0.3 is 6.18 Å². The van der Waals surface area contributed by atoms with Crippen molar-refractivity contribution in [2.75, 3.05) is 20.1 Å². The number of rotatable bonds is 10. The molecule has 0 aromatic carbocycles. The van der Waals surface area contributed by atoms with Crippen molar-refractivity contribution < 1.29 is 13.2 Å². The lowest BCUT2D eigenvalue weighted by Gasteiger charge is -2.48. The summed E-state index contributed by atoms with van der Waals surface area (Å²) in [6, 6.07) is 0.0970. The van der Waals surface area contributed by atoms with Gasteiger partial charge in [-0.05, 0) is 45.8 Å². The minimum atomic E-state index is -4.05. The van der Waals surface area contributed by atoms with E-state index in [9.17, 15) is 13.2 Å². The van der Waals surface area contributed by atoms with Crippen LogP contribution in [0.2, 0.25) is 0 Å². The molecule has 0 aliphatic heterocycles. The maximum Gasteiger partial charge on any atom is 0.389 e. The Morgan fingerprint density at radius 1 is 1.00 bits per heavy atom. The average molecular weight is 296 g/mol. The molecule has 1 unspecified atom stereocenters. The van der Waals surface area contributed by atoms with Gasteiger partial charge in [-0.3, -0.25) is 4.90 Å². The second-order valence-corrected chi connectivity index (χ2v) is 5.33. The molecule has 0 bridgehead atoms. The quantitative estimate of drug-likeness (QED) is 0.650. The van der Waals surface area contributed by atoms with Crippen LogP contribution in [0, 0.1) is 0 Å². The highest BCUT2D eigenvalue weighted by molar-refractivity contribution is 4.98. The smallest absolute Gasteiger partial charge is 0.315 e. The van der Waals surface area contributed by atoms with Crippen LogP contribution in [-0.4, -0.2) is 42.8 Å². The Kier molecular flexibility index (Phi) is 8.75. The van der Waals surface area contributed by atoms with Gasteiger partial charge in [0, 0.05) is 18.0 Å². The van der Waals surface area contributed by atoms with E-state index in [1.165, 1.54) is 0 Å². The largest absolute Gasteiger partial charge is 0.389 e. The third-order valence-electron chi connectivity index (χ3n) is 4.57. The molecular weight excluding hydrogens is 265 g/mol. The van der Waals surface area contributed by atoms with E-state index in [1.807, 2.05) is 7.05 Å². The molecule has 0 aliphatic carbocycles. The Hall–Kier alpha value is -0.290. The highest BCUT2D eigenvalue weighted by Gasteiger charge is 2.39. The zero-order valence-corrected chi connectivity index (χ0v) is 13.6. The van der Waals surface area contributed by atoms with E-state index in [0.717, 1.165) is 25.9 Å². The first-order valence-electron chi connectivity index (χ1n) is 7.80. The molecule has 0 aromatic heterocycles. The fourth-order valence-corrected chi connectivity index (χ4v) is 3.45. The third kappa shape index (κ3) is 5.24. The lowest BCUT2D eigenvalue weighted by Crippen LogP contribution is -2.60. The van der Waals surface area contributed by atoms with Crippen molar-refractivity contribution in [2.24, 2.45) is 0 Å². The zero-order chi connectivity index (χ0) is 15.8. The molecule has 0 amide bonds. The molecule has 0 saturated heterocycles. The molecule has 20 heavy (non-hydrogen) atoms. The Labute approximate surface area is 122 Å². The molecule has 0 aromatic rings. The Morgan fingerprint density at radius 2 is 1.50 bits per heavy atom. The van der Waals surface area contributed by atoms with Gasteiger partial charge in [-0.25, -0.2) is 0 Å². The van der Waals surface area contributed by atoms with Crippen LogP contribution in [-0.2, 0) is 0 Å². The summed E-state index contributed by atoms with van der Waals surface area (Å²) in [6.07, 6.45) is -2.08. The van der Waals surface area contributed by atoms with Gasteiger partial charge in [0.15, 0.2) is 0 Å². The number of likely N-dealkylation sites (N-methyl/N-ethyl adjacent to an activating group) is 2. The summed E-state index contributed by atoms with van der Waals surface area (Å²) < 4.78 is 37.0. The minimum Gasteiger partial charge on any atom is -0.315 e. The van der Waals surface area contributed by atoms with Gasteiger partial charge in [-0.15, -0.1) is 0 Å². The standard InChI is InChI=1S/C15H31F3N2/c1-6-14(7-2,20(8-3)9-4)13(19-5)11-10-12-15(16,17)18/h13,19H,6-12H2,1-5H3. The van der Waals surface area contributed by atoms with E-state index in [-0.39, 0.29) is 18.0 Å². The molecule has 0 aliphatic rings. The summed E-state index contributed by atoms with van der Waals surface area (Å²) in [6.45, 7) is 10.4. The van der Waals surface area contributed by atoms with Crippen molar-refractivity contribution in [1.29, 1.82) is 0 Å². The molecule has 1 atom stereocenters. The predicted molar refractivity (Wildman–Crippen MR) is 79.0 cm³/mol. The number of halogens is 3. The first-order valence-corrected chi connectivity index (χ1v) is 7.80. The predicted octanol–water partition coefficient (Wildman–Crippen LogP) is 4.21. The number of hydrogen-bond acceptors (Lipinski definition) is 2. The average Bonchev–Trinajstić information content (AvgIpc) is 2.40. The lowest BCUT2D eigenvalue weighted by atomic mass is 9.80. The van der Waals surface area contributed by atoms with Crippen LogP contribution in [0.3, 0.4) is 0 Å². The van der Waals surface area contributed by atoms with Crippen molar-refractivity contribution in [3.63, 3.8) is 0 Å². The second kappa shape index (κ2) is 8.88. The summed E-state index contributed by atoms with van der Waals surface area (Å²) in [5.74, 6) is 0. The van der Waals surface area contributed by atoms with Gasteiger partial charge in [-0.1, -0.05) is 27.7 Å². The summed E-state index contributed by atoms with van der Waals surface area (Å²) in [4.78, 5) is 2.39. The van der Waals surface area contributed by atoms with E-state index in [0.29, 0.717) is 6.42 Å². The summed E-state index contributed by atoms with van der Waals surface area (Å²) in [7, 11) is 1.86. The van der Waals surface area contributed by atoms with Gasteiger partial charge in [0.2, 0.25) is 0 Å². The molecule has 0 heterocycles.